The molecule has 0 amide bonds. The van der Waals surface area contributed by atoms with Gasteiger partial charge in [0.15, 0.2) is 0 Å². The van der Waals surface area contributed by atoms with Crippen molar-refractivity contribution in [3.8, 4) is 10.4 Å². The fraction of sp³-hybridized carbons (Fsp3) is 0.190. The summed E-state index contributed by atoms with van der Waals surface area (Å²) in [5.41, 5.74) is 1.83. The molecule has 1 aliphatic rings. The summed E-state index contributed by atoms with van der Waals surface area (Å²) in [5, 5.41) is 19.8. The number of thiophene rings is 1. The third-order valence-electron chi connectivity index (χ3n) is 4.92. The van der Waals surface area contributed by atoms with Gasteiger partial charge in [-0.3, -0.25) is 4.79 Å². The lowest BCUT2D eigenvalue weighted by molar-refractivity contribution is -0.140. The average Bonchev–Trinajstić information content (AvgIpc) is 3.28. The van der Waals surface area contributed by atoms with Crippen molar-refractivity contribution < 1.29 is 15.0 Å². The number of aliphatic carboxylic acids is 1. The molecule has 3 N–H and O–H groups in total. The Labute approximate surface area is 176 Å². The summed E-state index contributed by atoms with van der Waals surface area (Å²) in [7, 11) is 0. The number of rotatable bonds is 7. The predicted molar refractivity (Wildman–Crippen MR) is 114 cm³/mol. The van der Waals surface area contributed by atoms with Crippen molar-refractivity contribution in [3.63, 3.8) is 0 Å². The van der Waals surface area contributed by atoms with E-state index >= 15 is 0 Å². The summed E-state index contributed by atoms with van der Waals surface area (Å²) < 4.78 is 4.19. The molecule has 144 valence electrons. The number of carboxylic acid groups (broad SMARTS) is 1. The summed E-state index contributed by atoms with van der Waals surface area (Å²) in [6.07, 6.45) is 0.527. The van der Waals surface area contributed by atoms with Crippen LogP contribution in [0.3, 0.4) is 0 Å². The quantitative estimate of drug-likeness (QED) is 0.450. The third kappa shape index (κ3) is 3.83. The molecule has 0 aliphatic heterocycles. The molecule has 0 spiro atoms. The Balaban J connectivity index is 1.47. The van der Waals surface area contributed by atoms with E-state index in [1.54, 1.807) is 11.3 Å². The van der Waals surface area contributed by atoms with Gasteiger partial charge in [-0.15, -0.1) is 11.3 Å². The van der Waals surface area contributed by atoms with Crippen LogP contribution in [0.4, 0.5) is 0 Å². The van der Waals surface area contributed by atoms with Gasteiger partial charge in [-0.25, -0.2) is 4.72 Å². The Morgan fingerprint density at radius 3 is 2.71 bits per heavy atom. The van der Waals surface area contributed by atoms with Crippen molar-refractivity contribution in [1.82, 2.24) is 4.72 Å². The van der Waals surface area contributed by atoms with Crippen molar-refractivity contribution in [2.24, 2.45) is 0 Å². The number of hydrogen-bond acceptors (Lipinski definition) is 5. The summed E-state index contributed by atoms with van der Waals surface area (Å²) in [6.45, 7) is -0.0501. The Bertz CT molecular complexity index is 1000. The fourth-order valence-electron chi connectivity index (χ4n) is 3.25. The second-order valence-corrected chi connectivity index (χ2v) is 9.39. The largest absolute Gasteiger partial charge is 0.480 e. The van der Waals surface area contributed by atoms with E-state index in [1.165, 1.54) is 11.9 Å². The van der Waals surface area contributed by atoms with Crippen LogP contribution in [0.1, 0.15) is 23.5 Å². The minimum atomic E-state index is -0.983. The SMILES string of the molecule is O=C(O)C1(NSc2ccc(-c3ccc(Cl)cc3)s2)CC1c1cccc(CO)c1. The van der Waals surface area contributed by atoms with Crippen LogP contribution in [0.2, 0.25) is 5.02 Å². The maximum atomic E-state index is 12.0. The van der Waals surface area contributed by atoms with E-state index in [9.17, 15) is 15.0 Å². The van der Waals surface area contributed by atoms with E-state index in [-0.39, 0.29) is 12.5 Å². The molecular weight excluding hydrogens is 414 g/mol. The highest BCUT2D eigenvalue weighted by atomic mass is 35.5. The van der Waals surface area contributed by atoms with Crippen LogP contribution in [0.5, 0.6) is 0 Å². The number of halogens is 1. The van der Waals surface area contributed by atoms with Gasteiger partial charge in [0, 0.05) is 15.8 Å². The average molecular weight is 432 g/mol. The van der Waals surface area contributed by atoms with Crippen LogP contribution in [0.15, 0.2) is 64.9 Å². The normalized spacial score (nSPS) is 20.9. The lowest BCUT2D eigenvalue weighted by atomic mass is 10.0. The first-order valence-corrected chi connectivity index (χ1v) is 10.8. The molecule has 4 rings (SSSR count). The van der Waals surface area contributed by atoms with Crippen LogP contribution in [0.25, 0.3) is 10.4 Å². The standard InChI is InChI=1S/C21H18ClNO3S2/c22-16-6-4-14(5-7-16)18-8-9-19(27-18)28-23-21(20(25)26)11-17(21)15-3-1-2-13(10-15)12-24/h1-10,17,23-24H,11-12H2,(H,25,26). The number of aliphatic hydroxyl groups is 1. The van der Waals surface area contributed by atoms with Gasteiger partial charge in [0.1, 0.15) is 5.54 Å². The molecule has 1 heterocycles. The van der Waals surface area contributed by atoms with Gasteiger partial charge in [-0.1, -0.05) is 48.0 Å². The first-order valence-electron chi connectivity index (χ1n) is 8.75. The second-order valence-electron chi connectivity index (χ2n) is 6.77. The summed E-state index contributed by atoms with van der Waals surface area (Å²) in [6, 6.07) is 19.2. The molecule has 0 bridgehead atoms. The zero-order valence-electron chi connectivity index (χ0n) is 14.8. The molecule has 0 radical (unpaired) electrons. The molecule has 4 nitrogen and oxygen atoms in total. The van der Waals surface area contributed by atoms with Gasteiger partial charge in [-0.2, -0.15) is 0 Å². The fourth-order valence-corrected chi connectivity index (χ4v) is 5.41. The maximum Gasteiger partial charge on any atom is 0.325 e. The summed E-state index contributed by atoms with van der Waals surface area (Å²) in [4.78, 5) is 13.1. The number of hydrogen-bond donors (Lipinski definition) is 3. The van der Waals surface area contributed by atoms with E-state index in [0.717, 1.165) is 25.8 Å². The first kappa shape index (κ1) is 19.5. The number of carbonyl (C=O) groups is 1. The Morgan fingerprint density at radius 2 is 2.00 bits per heavy atom. The number of carboxylic acids is 1. The van der Waals surface area contributed by atoms with E-state index in [4.69, 9.17) is 11.6 Å². The Kier molecular flexibility index (Phi) is 5.49. The van der Waals surface area contributed by atoms with E-state index in [1.807, 2.05) is 60.7 Å². The molecular formula is C21H18ClNO3S2. The molecule has 2 aromatic carbocycles. The third-order valence-corrected chi connectivity index (χ3v) is 7.41. The molecule has 28 heavy (non-hydrogen) atoms. The Morgan fingerprint density at radius 1 is 1.21 bits per heavy atom. The van der Waals surface area contributed by atoms with Crippen LogP contribution in [0, 0.1) is 0 Å². The molecule has 3 aromatic rings. The van der Waals surface area contributed by atoms with Gasteiger partial charge in [0.25, 0.3) is 0 Å². The van der Waals surface area contributed by atoms with Crippen LogP contribution in [-0.4, -0.2) is 21.7 Å². The molecule has 0 saturated heterocycles. The summed E-state index contributed by atoms with van der Waals surface area (Å²) >= 11 is 8.91. The smallest absolute Gasteiger partial charge is 0.325 e. The van der Waals surface area contributed by atoms with Crippen LogP contribution >= 0.6 is 34.9 Å². The lowest BCUT2D eigenvalue weighted by Crippen LogP contribution is -2.36. The highest BCUT2D eigenvalue weighted by Crippen LogP contribution is 2.53. The van der Waals surface area contributed by atoms with E-state index in [2.05, 4.69) is 4.72 Å². The Hall–Kier alpha value is -1.83. The number of aliphatic hydroxyl groups excluding tert-OH is 1. The number of benzene rings is 2. The van der Waals surface area contributed by atoms with Gasteiger partial charge in [-0.05, 0) is 59.3 Å². The highest BCUT2D eigenvalue weighted by Gasteiger charge is 2.61. The van der Waals surface area contributed by atoms with Crippen molar-refractivity contribution in [1.29, 1.82) is 0 Å². The maximum absolute atomic E-state index is 12.0. The lowest BCUT2D eigenvalue weighted by Gasteiger charge is -2.14. The highest BCUT2D eigenvalue weighted by molar-refractivity contribution is 7.99. The van der Waals surface area contributed by atoms with E-state index in [0.29, 0.717) is 11.4 Å². The molecule has 1 aliphatic carbocycles. The molecule has 1 aromatic heterocycles. The topological polar surface area (TPSA) is 69.6 Å². The summed E-state index contributed by atoms with van der Waals surface area (Å²) in [5.74, 6) is -0.964. The zero-order valence-corrected chi connectivity index (χ0v) is 17.2. The van der Waals surface area contributed by atoms with Crippen molar-refractivity contribution >= 4 is 40.9 Å². The van der Waals surface area contributed by atoms with Gasteiger partial charge in [0.2, 0.25) is 0 Å². The van der Waals surface area contributed by atoms with Gasteiger partial charge in [0.05, 0.1) is 10.8 Å². The molecule has 1 fully saturated rings. The van der Waals surface area contributed by atoms with Crippen LogP contribution < -0.4 is 4.72 Å². The van der Waals surface area contributed by atoms with Crippen molar-refractivity contribution in [2.45, 2.75) is 28.7 Å². The van der Waals surface area contributed by atoms with Crippen molar-refractivity contribution in [2.75, 3.05) is 0 Å². The van der Waals surface area contributed by atoms with Gasteiger partial charge >= 0.3 is 5.97 Å². The minimum Gasteiger partial charge on any atom is -0.480 e. The monoisotopic (exact) mass is 431 g/mol. The van der Waals surface area contributed by atoms with Crippen LogP contribution in [-0.2, 0) is 11.4 Å². The molecule has 7 heteroatoms. The number of nitrogens with one attached hydrogen (secondary N) is 1. The molecule has 2 unspecified atom stereocenters. The molecule has 1 saturated carbocycles. The van der Waals surface area contributed by atoms with Gasteiger partial charge < -0.3 is 10.2 Å². The predicted octanol–water partition coefficient (Wildman–Crippen LogP) is 5.17. The zero-order chi connectivity index (χ0) is 19.7. The molecule has 2 atom stereocenters. The second kappa shape index (κ2) is 7.89. The minimum absolute atomic E-state index is 0.0501. The first-order chi connectivity index (χ1) is 13.5. The van der Waals surface area contributed by atoms with Crippen molar-refractivity contribution in [3.05, 3.63) is 76.8 Å². The van der Waals surface area contributed by atoms with E-state index < -0.39 is 11.5 Å².